The summed E-state index contributed by atoms with van der Waals surface area (Å²) >= 11 is 12.1. The Morgan fingerprint density at radius 3 is 2.44 bits per heavy atom. The predicted octanol–water partition coefficient (Wildman–Crippen LogP) is 6.23. The molecule has 0 aromatic heterocycles. The van der Waals surface area contributed by atoms with Gasteiger partial charge in [-0.3, -0.25) is 10.1 Å². The molecular weight excluding hydrogens is 559 g/mol. The number of halogens is 2. The Bertz CT molecular complexity index is 1340. The highest BCUT2D eigenvalue weighted by Crippen LogP contribution is 2.30. The van der Waals surface area contributed by atoms with Crippen LogP contribution in [0.4, 0.5) is 5.69 Å². The molecule has 3 aromatic carbocycles. The van der Waals surface area contributed by atoms with Gasteiger partial charge in [-0.15, -0.1) is 0 Å². The van der Waals surface area contributed by atoms with Crippen LogP contribution in [0, 0.1) is 11.5 Å². The van der Waals surface area contributed by atoms with E-state index in [1.54, 1.807) is 30.3 Å². The summed E-state index contributed by atoms with van der Waals surface area (Å²) in [6.45, 7) is 3.75. The van der Waals surface area contributed by atoms with Crippen molar-refractivity contribution in [3.05, 3.63) is 88.4 Å². The van der Waals surface area contributed by atoms with Crippen molar-refractivity contribution in [3.8, 4) is 17.7 Å². The molecule has 3 N–H and O–H groups in total. The van der Waals surface area contributed by atoms with E-state index >= 15 is 0 Å². The van der Waals surface area contributed by atoms with Crippen molar-refractivity contribution in [2.75, 3.05) is 31.5 Å². The van der Waals surface area contributed by atoms with Gasteiger partial charge < -0.3 is 20.3 Å². The highest BCUT2D eigenvalue weighted by Gasteiger charge is 2.15. The minimum Gasteiger partial charge on any atom is -0.457 e. The monoisotopic (exact) mass is 592 g/mol. The van der Waals surface area contributed by atoms with Crippen molar-refractivity contribution < 1.29 is 9.53 Å². The number of rotatable bonds is 12. The maximum atomic E-state index is 12.6. The third-order valence-electron chi connectivity index (χ3n) is 6.70. The summed E-state index contributed by atoms with van der Waals surface area (Å²) in [6.07, 6.45) is 5.95. The lowest BCUT2D eigenvalue weighted by Crippen LogP contribution is -2.34. The largest absolute Gasteiger partial charge is 0.457 e. The van der Waals surface area contributed by atoms with Crippen molar-refractivity contribution in [3.63, 3.8) is 0 Å². The molecule has 41 heavy (non-hydrogen) atoms. The summed E-state index contributed by atoms with van der Waals surface area (Å²) in [5.41, 5.74) is 1.82. The molecule has 4 rings (SSSR count). The third-order valence-corrected chi connectivity index (χ3v) is 7.44. The molecule has 0 radical (unpaired) electrons. The minimum atomic E-state index is -0.220. The Labute approximate surface area is 251 Å². The van der Waals surface area contributed by atoms with E-state index in [2.05, 4.69) is 20.9 Å². The van der Waals surface area contributed by atoms with Gasteiger partial charge in [-0.2, -0.15) is 5.26 Å². The number of nitrogens with one attached hydrogen (secondary N) is 3. The standard InChI is InChI=1S/C31H34Cl2N6O2/c32-28-14-13-27(21-29(28)33)41-26-11-8-24(9-12-26)37-31(36-22-34)38-25(20-23-6-2-1-3-7-23)10-15-30(40)35-16-19-39-17-4-5-18-39/h1-3,6-9,11-14,21,25H,4-5,10,15-20H2,(H,35,40)(H2,36,37,38)/t25-/m1/s1. The van der Waals surface area contributed by atoms with E-state index in [1.165, 1.54) is 12.8 Å². The van der Waals surface area contributed by atoms with Crippen LogP contribution in [-0.2, 0) is 11.2 Å². The SMILES string of the molecule is N#CNC(=N[C@H](CCC(=O)NCCN1CCCC1)Cc1ccccc1)Nc1ccc(Oc2ccc(Cl)c(Cl)c2)cc1. The quantitative estimate of drug-likeness (QED) is 0.0997. The van der Waals surface area contributed by atoms with Gasteiger partial charge in [0.1, 0.15) is 11.5 Å². The van der Waals surface area contributed by atoms with Crippen LogP contribution >= 0.6 is 23.2 Å². The van der Waals surface area contributed by atoms with Crippen LogP contribution in [0.25, 0.3) is 0 Å². The highest BCUT2D eigenvalue weighted by atomic mass is 35.5. The molecule has 8 nitrogen and oxygen atoms in total. The fraction of sp³-hybridized carbons (Fsp3) is 0.323. The molecular formula is C31H34Cl2N6O2. The molecule has 1 amide bonds. The zero-order chi connectivity index (χ0) is 28.9. The van der Waals surface area contributed by atoms with Crippen molar-refractivity contribution in [1.82, 2.24) is 15.5 Å². The second-order valence-electron chi connectivity index (χ2n) is 9.82. The second-order valence-corrected chi connectivity index (χ2v) is 10.6. The molecule has 1 saturated heterocycles. The maximum Gasteiger partial charge on any atom is 0.220 e. The van der Waals surface area contributed by atoms with E-state index < -0.39 is 0 Å². The topological polar surface area (TPSA) is 102 Å². The number of likely N-dealkylation sites (tertiary alicyclic amines) is 1. The van der Waals surface area contributed by atoms with E-state index in [9.17, 15) is 10.1 Å². The fourth-order valence-electron chi connectivity index (χ4n) is 4.59. The van der Waals surface area contributed by atoms with E-state index in [1.807, 2.05) is 48.7 Å². The minimum absolute atomic E-state index is 0.0118. The van der Waals surface area contributed by atoms with Gasteiger partial charge in [0.05, 0.1) is 16.1 Å². The summed E-state index contributed by atoms with van der Waals surface area (Å²) < 4.78 is 5.85. The number of carbonyl (C=O) groups is 1. The molecule has 0 unspecified atom stereocenters. The molecule has 10 heteroatoms. The third kappa shape index (κ3) is 10.3. The number of benzene rings is 3. The van der Waals surface area contributed by atoms with Crippen molar-refractivity contribution in [2.45, 2.75) is 38.1 Å². The summed E-state index contributed by atoms with van der Waals surface area (Å²) in [6, 6.07) is 22.1. The van der Waals surface area contributed by atoms with Crippen molar-refractivity contribution in [1.29, 1.82) is 5.26 Å². The lowest BCUT2D eigenvalue weighted by Gasteiger charge is -2.17. The first-order valence-electron chi connectivity index (χ1n) is 13.7. The smallest absolute Gasteiger partial charge is 0.220 e. The molecule has 0 aliphatic carbocycles. The first-order valence-corrected chi connectivity index (χ1v) is 14.5. The fourth-order valence-corrected chi connectivity index (χ4v) is 4.88. The van der Waals surface area contributed by atoms with Crippen LogP contribution in [0.5, 0.6) is 11.5 Å². The Morgan fingerprint density at radius 2 is 1.73 bits per heavy atom. The van der Waals surface area contributed by atoms with Gasteiger partial charge in [-0.25, -0.2) is 4.99 Å². The van der Waals surface area contributed by atoms with Crippen LogP contribution in [-0.4, -0.2) is 49.0 Å². The van der Waals surface area contributed by atoms with Crippen LogP contribution < -0.4 is 20.7 Å². The molecule has 1 heterocycles. The van der Waals surface area contributed by atoms with Gasteiger partial charge in [-0.1, -0.05) is 53.5 Å². The molecule has 3 aromatic rings. The number of aliphatic imine (C=N–C) groups is 1. The van der Waals surface area contributed by atoms with E-state index in [4.69, 9.17) is 32.9 Å². The number of hydrogen-bond acceptors (Lipinski definition) is 5. The zero-order valence-corrected chi connectivity index (χ0v) is 24.3. The Balaban J connectivity index is 1.38. The summed E-state index contributed by atoms with van der Waals surface area (Å²) in [5, 5.41) is 19.1. The number of hydrogen-bond donors (Lipinski definition) is 3. The van der Waals surface area contributed by atoms with Gasteiger partial charge >= 0.3 is 0 Å². The molecule has 0 saturated carbocycles. The lowest BCUT2D eigenvalue weighted by molar-refractivity contribution is -0.121. The first-order chi connectivity index (χ1) is 20.0. The van der Waals surface area contributed by atoms with Crippen LogP contribution in [0.1, 0.15) is 31.2 Å². The number of carbonyl (C=O) groups excluding carboxylic acids is 1. The van der Waals surface area contributed by atoms with Crippen LogP contribution in [0.2, 0.25) is 10.0 Å². The van der Waals surface area contributed by atoms with Crippen molar-refractivity contribution >= 4 is 40.8 Å². The molecule has 1 fully saturated rings. The number of guanidine groups is 1. The zero-order valence-electron chi connectivity index (χ0n) is 22.8. The lowest BCUT2D eigenvalue weighted by atomic mass is 10.0. The first kappa shape index (κ1) is 30.2. The summed E-state index contributed by atoms with van der Waals surface area (Å²) in [4.78, 5) is 19.8. The number of nitriles is 1. The molecule has 0 spiro atoms. The van der Waals surface area contributed by atoms with Gasteiger partial charge in [0.2, 0.25) is 11.9 Å². The Morgan fingerprint density at radius 1 is 1.00 bits per heavy atom. The van der Waals surface area contributed by atoms with E-state index in [-0.39, 0.29) is 11.9 Å². The second kappa shape index (κ2) is 15.9. The highest BCUT2D eigenvalue weighted by molar-refractivity contribution is 6.42. The average molecular weight is 594 g/mol. The molecule has 1 atom stereocenters. The molecule has 1 aliphatic rings. The van der Waals surface area contributed by atoms with Gasteiger partial charge in [0, 0.05) is 31.3 Å². The molecule has 0 bridgehead atoms. The number of amides is 1. The van der Waals surface area contributed by atoms with Gasteiger partial charge in [-0.05, 0) is 80.7 Å². The van der Waals surface area contributed by atoms with Crippen LogP contribution in [0.3, 0.4) is 0 Å². The maximum absolute atomic E-state index is 12.6. The number of nitrogens with zero attached hydrogens (tertiary/aromatic N) is 3. The van der Waals surface area contributed by atoms with Crippen LogP contribution in [0.15, 0.2) is 77.8 Å². The summed E-state index contributed by atoms with van der Waals surface area (Å²) in [7, 11) is 0. The van der Waals surface area contributed by atoms with Crippen molar-refractivity contribution in [2.24, 2.45) is 4.99 Å². The normalized spacial score (nSPS) is 14.2. The van der Waals surface area contributed by atoms with E-state index in [0.717, 1.165) is 25.2 Å². The Hall–Kier alpha value is -3.77. The Kier molecular flexibility index (Phi) is 11.7. The van der Waals surface area contributed by atoms with Gasteiger partial charge in [0.15, 0.2) is 6.19 Å². The number of anilines is 1. The van der Waals surface area contributed by atoms with E-state index in [0.29, 0.717) is 59.0 Å². The average Bonchev–Trinajstić information content (AvgIpc) is 3.49. The summed E-state index contributed by atoms with van der Waals surface area (Å²) in [5.74, 6) is 1.49. The molecule has 214 valence electrons. The molecule has 1 aliphatic heterocycles. The predicted molar refractivity (Wildman–Crippen MR) is 165 cm³/mol. The number of ether oxygens (including phenoxy) is 1. The van der Waals surface area contributed by atoms with Gasteiger partial charge in [0.25, 0.3) is 0 Å².